The zero-order valence-electron chi connectivity index (χ0n) is 76.6. The number of methoxy groups -OCH3 is 1. The fraction of sp³-hybridized carbons (Fsp3) is 0.556. The van der Waals surface area contributed by atoms with E-state index in [1.165, 1.54) is 49.9 Å². The standard InChI is InChI=1S/C90H127N21O23S/c1-7-9-21-68-83(126)100-60(27-29-75(115)116)79(122)97-53(42-95-43-73(94)113)47-135-48-74(114)98-65-35-50-25-26-55(134-6)39-71(50)111(89(65)132)49(3)78(121)101-62(31-33-92)87(130)109-34-16-24-69(109)84(127)105-66(40-93)82(125)102-61(28-30-76(117)118)88(131)110-45-54(112)38-72(110)85(128)103-63(36-51-41-96-58-19-13-11-17-56(51)58)81(124)99-59(20-15-32-91)80(123)104-64(86(129)107(5)70(22-10-8-2)90(133)106(68)4)37-52-44-108(46-77(119)120)67-23-14-12-18-57(52)67/h11-14,17-19,23,25-26,39,41,44,49,53-54,59-66,68-70,72,95-96,112H,7-10,15-16,20-22,24,27-38,40,42-43,45-48,91-93H2,1-6H3,(H2,94,113)(H,97,122)(H,98,114)(H,99,124)(H,100,126)(H,101,121)(H,102,125)(H,103,128)(H,104,123)(H,105,127)(H,115,116)(H,117,118)(H,119,120)/t49-,53+,54+,59-,60-,61-,62-,63-,64-,65-,66-,68-,69-,70-,72-/m0/s1. The van der Waals surface area contributed by atoms with E-state index in [4.69, 9.17) is 27.7 Å². The van der Waals surface area contributed by atoms with Gasteiger partial charge in [-0.3, -0.25) is 91.2 Å². The molecule has 6 heterocycles. The largest absolute Gasteiger partial charge is 0.497 e. The molecule has 45 heteroatoms. The number of benzene rings is 3. The van der Waals surface area contributed by atoms with Gasteiger partial charge in [0.2, 0.25) is 82.7 Å². The molecule has 2 aromatic heterocycles. The fourth-order valence-corrected chi connectivity index (χ4v) is 18.2. The molecule has 0 aliphatic carbocycles. The van der Waals surface area contributed by atoms with Crippen LogP contribution in [0.25, 0.3) is 21.8 Å². The number of anilines is 1. The van der Waals surface area contributed by atoms with Crippen molar-refractivity contribution >= 4 is 146 Å². The smallest absolute Gasteiger partial charge is 0.323 e. The highest BCUT2D eigenvalue weighted by Gasteiger charge is 2.47. The molecule has 135 heavy (non-hydrogen) atoms. The second kappa shape index (κ2) is 50.5. The number of carboxylic acid groups (broad SMARTS) is 3. The van der Waals surface area contributed by atoms with Crippen molar-refractivity contribution in [2.75, 3.05) is 83.4 Å². The number of hydrogen-bond acceptors (Lipinski definition) is 25. The van der Waals surface area contributed by atoms with Crippen molar-refractivity contribution in [3.8, 4) is 5.75 Å². The lowest BCUT2D eigenvalue weighted by molar-refractivity contribution is -0.149. The Morgan fingerprint density at radius 3 is 1.81 bits per heavy atom. The van der Waals surface area contributed by atoms with Crippen molar-refractivity contribution in [3.63, 3.8) is 0 Å². The summed E-state index contributed by atoms with van der Waals surface area (Å²) in [5.41, 5.74) is 26.4. The maximum atomic E-state index is 16.0. The average Bonchev–Trinajstić information content (AvgIpc) is 1.66. The second-order valence-electron chi connectivity index (χ2n) is 34.3. The minimum Gasteiger partial charge on any atom is -0.497 e. The van der Waals surface area contributed by atoms with Gasteiger partial charge in [-0.1, -0.05) is 82.0 Å². The Kier molecular flexibility index (Phi) is 39.6. The molecular formula is C90H127N21O23S. The van der Waals surface area contributed by atoms with E-state index in [-0.39, 0.29) is 108 Å². The first-order chi connectivity index (χ1) is 64.4. The molecule has 3 saturated heterocycles. The molecule has 9 rings (SSSR count). The molecule has 0 unspecified atom stereocenters. The maximum absolute atomic E-state index is 16.0. The zero-order chi connectivity index (χ0) is 98.6. The van der Waals surface area contributed by atoms with Crippen LogP contribution in [-0.4, -0.2) is 325 Å². The van der Waals surface area contributed by atoms with Gasteiger partial charge in [-0.05, 0) is 113 Å². The van der Waals surface area contributed by atoms with E-state index in [0.717, 1.165) is 31.4 Å². The van der Waals surface area contributed by atoms with E-state index in [1.807, 2.05) is 13.8 Å². The van der Waals surface area contributed by atoms with E-state index >= 15 is 33.6 Å². The summed E-state index contributed by atoms with van der Waals surface area (Å²) in [4.78, 5) is 269. The van der Waals surface area contributed by atoms with Gasteiger partial charge in [0.05, 0.1) is 37.2 Å². The average molecular weight is 1900 g/mol. The predicted molar refractivity (Wildman–Crippen MR) is 493 cm³/mol. The monoisotopic (exact) mass is 1900 g/mol. The number of aliphatic carboxylic acids is 3. The highest BCUT2D eigenvalue weighted by Crippen LogP contribution is 2.35. The first-order valence-corrected chi connectivity index (χ1v) is 46.6. The quantitative estimate of drug-likeness (QED) is 0.0226. The summed E-state index contributed by atoms with van der Waals surface area (Å²) in [6.45, 7) is 2.32. The molecule has 0 saturated carbocycles. The Bertz CT molecular complexity index is 5130. The summed E-state index contributed by atoms with van der Waals surface area (Å²) >= 11 is 0.953. The number of primary amides is 1. The van der Waals surface area contributed by atoms with Crippen LogP contribution in [0.3, 0.4) is 0 Å². The van der Waals surface area contributed by atoms with Crippen LogP contribution in [0, 0.1) is 0 Å². The zero-order valence-corrected chi connectivity index (χ0v) is 77.4. The molecular weight excluding hydrogens is 1780 g/mol. The van der Waals surface area contributed by atoms with Crippen molar-refractivity contribution in [1.82, 2.24) is 82.3 Å². The number of rotatable bonds is 29. The molecule has 3 aromatic carbocycles. The summed E-state index contributed by atoms with van der Waals surface area (Å²) in [5, 5.41) is 69.8. The SMILES string of the molecule is CCCC[C@H]1C(=O)N(C)[C@@H](CCCC)C(=O)N[C@@H](CCC(=O)O)C(=O)N[C@H](CNCC(N)=O)CSCC(=O)N[C@H]2Cc3ccc(OC)cc3N(C2=O)[C@@H](C)C(=O)N[C@@H](CCN)C(=O)N2CCC[C@H]2C(=O)N[C@@H](CN)C(=O)N[C@@H](CCC(=O)O)C(=O)N2C[C@H](O)C[C@H]2C(=O)N[C@@H](Cc2c[nH]c3ccccc23)C(=O)N[C@@H](CCCN)C(=O)N[C@@H](Cc2cn(CC(=O)O)c3ccccc23)C(=O)N1C. The number of aromatic amines is 1. The van der Waals surface area contributed by atoms with Crippen LogP contribution >= 0.6 is 11.8 Å². The summed E-state index contributed by atoms with van der Waals surface area (Å²) in [7, 11) is 4.00. The Labute approximate surface area is 783 Å². The molecule has 15 atom stereocenters. The number of aliphatic hydroxyl groups excluding tert-OH is 1. The number of unbranched alkanes of at least 4 members (excludes halogenated alkanes) is 2. The van der Waals surface area contributed by atoms with Crippen molar-refractivity contribution in [3.05, 3.63) is 95.8 Å². The number of ether oxygens (including phenoxy) is 1. The molecule has 44 nitrogen and oxygen atoms in total. The lowest BCUT2D eigenvalue weighted by Gasteiger charge is -2.38. The number of nitrogens with one attached hydrogen (secondary N) is 11. The third-order valence-corrected chi connectivity index (χ3v) is 25.6. The number of carbonyl (C=O) groups excluding carboxylic acids is 15. The summed E-state index contributed by atoms with van der Waals surface area (Å²) in [6.07, 6.45) is -1.04. The summed E-state index contributed by atoms with van der Waals surface area (Å²) in [6, 6.07) is -2.96. The minimum atomic E-state index is -1.82. The van der Waals surface area contributed by atoms with Gasteiger partial charge >= 0.3 is 17.9 Å². The van der Waals surface area contributed by atoms with Gasteiger partial charge in [0.15, 0.2) is 0 Å². The lowest BCUT2D eigenvalue weighted by atomic mass is 9.95. The number of para-hydroxylation sites is 2. The van der Waals surface area contributed by atoms with Gasteiger partial charge in [0.1, 0.15) is 90.8 Å². The van der Waals surface area contributed by atoms with E-state index in [2.05, 4.69) is 58.2 Å². The van der Waals surface area contributed by atoms with Gasteiger partial charge in [0.25, 0.3) is 5.91 Å². The number of carboxylic acids is 3. The summed E-state index contributed by atoms with van der Waals surface area (Å²) < 4.78 is 6.94. The maximum Gasteiger partial charge on any atom is 0.323 e. The third-order valence-electron chi connectivity index (χ3n) is 24.5. The second-order valence-corrected chi connectivity index (χ2v) is 35.3. The van der Waals surface area contributed by atoms with Crippen LogP contribution < -0.4 is 85.7 Å². The van der Waals surface area contributed by atoms with E-state index in [1.54, 1.807) is 66.9 Å². The molecule has 0 spiro atoms. The number of nitrogens with zero attached hydrogens (tertiary/aromatic N) is 6. The molecule has 736 valence electrons. The molecule has 4 aliphatic rings. The topological polar surface area (TPSA) is 659 Å². The van der Waals surface area contributed by atoms with Crippen LogP contribution in [0.15, 0.2) is 79.1 Å². The Morgan fingerprint density at radius 1 is 0.563 bits per heavy atom. The highest BCUT2D eigenvalue weighted by atomic mass is 32.2. The summed E-state index contributed by atoms with van der Waals surface area (Å²) in [5.74, 6) is -18.0. The number of thioether (sulfide) groups is 1. The Balaban J connectivity index is 1.11. The molecule has 4 aliphatic heterocycles. The first kappa shape index (κ1) is 106. The molecule has 3 fully saturated rings. The Hall–Kier alpha value is -12.9. The highest BCUT2D eigenvalue weighted by molar-refractivity contribution is 8.00. The molecule has 15 amide bonds. The fourth-order valence-electron chi connectivity index (χ4n) is 17.4. The molecule has 23 N–H and O–H groups in total. The van der Waals surface area contributed by atoms with Crippen molar-refractivity contribution in [1.29, 1.82) is 0 Å². The molecule has 5 aromatic rings. The molecule has 0 radical (unpaired) electrons. The predicted octanol–water partition coefficient (Wildman–Crippen LogP) is -3.07. The number of aromatic nitrogens is 2. The van der Waals surface area contributed by atoms with Crippen LogP contribution in [0.2, 0.25) is 0 Å². The Morgan fingerprint density at radius 2 is 1.14 bits per heavy atom. The lowest BCUT2D eigenvalue weighted by Crippen LogP contribution is -2.62. The van der Waals surface area contributed by atoms with E-state index in [0.29, 0.717) is 57.8 Å². The van der Waals surface area contributed by atoms with Crippen molar-refractivity contribution < 1.29 is 111 Å². The minimum absolute atomic E-state index is 0.0113. The number of fused-ring (bicyclic) bond motifs is 8. The number of amides is 15. The number of aliphatic hydroxyl groups is 1. The molecule has 2 bridgehead atoms. The number of likely N-dealkylation sites (N-methyl/N-ethyl adjacent to an activating group) is 2. The van der Waals surface area contributed by atoms with Crippen molar-refractivity contribution in [2.45, 2.75) is 240 Å². The van der Waals surface area contributed by atoms with Crippen LogP contribution in [-0.2, 0) is 112 Å². The van der Waals surface area contributed by atoms with Crippen LogP contribution in [0.1, 0.15) is 140 Å². The number of H-pyrrole nitrogens is 1. The van der Waals surface area contributed by atoms with E-state index in [9.17, 15) is 73.2 Å². The van der Waals surface area contributed by atoms with Gasteiger partial charge in [0, 0.05) is 125 Å². The number of hydrogen-bond donors (Lipinski definition) is 19. The number of carbonyl (C=O) groups is 18. The van der Waals surface area contributed by atoms with Gasteiger partial charge in [-0.25, -0.2) is 0 Å². The van der Waals surface area contributed by atoms with Crippen LogP contribution in [0.5, 0.6) is 5.75 Å². The van der Waals surface area contributed by atoms with Gasteiger partial charge < -0.3 is 130 Å². The third kappa shape index (κ3) is 28.4. The van der Waals surface area contributed by atoms with E-state index < -0.39 is 268 Å². The van der Waals surface area contributed by atoms with Gasteiger partial charge in [-0.15, -0.1) is 11.8 Å². The first-order valence-electron chi connectivity index (χ1n) is 45.4. The number of nitrogens with two attached hydrogens (primary N) is 4. The van der Waals surface area contributed by atoms with Crippen molar-refractivity contribution in [2.24, 2.45) is 22.9 Å². The van der Waals surface area contributed by atoms with Crippen LogP contribution in [0.4, 0.5) is 5.69 Å². The normalized spacial score (nSPS) is 25.0. The van der Waals surface area contributed by atoms with Gasteiger partial charge in [-0.2, -0.15) is 0 Å².